The Morgan fingerprint density at radius 1 is 1.13 bits per heavy atom. The summed E-state index contributed by atoms with van der Waals surface area (Å²) in [5, 5.41) is 4.69. The number of aromatic nitrogens is 2. The molecule has 1 saturated heterocycles. The Kier molecular flexibility index (Phi) is 3.65. The molecule has 0 unspecified atom stereocenters. The molecule has 0 radical (unpaired) electrons. The van der Waals surface area contributed by atoms with Gasteiger partial charge in [-0.05, 0) is 44.2 Å². The predicted octanol–water partition coefficient (Wildman–Crippen LogP) is 1.92. The molecule has 120 valence electrons. The van der Waals surface area contributed by atoms with Crippen LogP contribution < -0.4 is 5.73 Å². The van der Waals surface area contributed by atoms with Crippen molar-refractivity contribution >= 4 is 5.91 Å². The van der Waals surface area contributed by atoms with Gasteiger partial charge in [-0.1, -0.05) is 18.2 Å². The van der Waals surface area contributed by atoms with E-state index in [0.29, 0.717) is 5.69 Å². The van der Waals surface area contributed by atoms with E-state index in [9.17, 15) is 4.79 Å². The first-order chi connectivity index (χ1) is 11.2. The van der Waals surface area contributed by atoms with Gasteiger partial charge in [0.1, 0.15) is 0 Å². The molecule has 1 aromatic carbocycles. The highest BCUT2D eigenvalue weighted by Crippen LogP contribution is 2.29. The van der Waals surface area contributed by atoms with Crippen LogP contribution in [0.4, 0.5) is 0 Å². The van der Waals surface area contributed by atoms with Crippen molar-refractivity contribution in [1.29, 1.82) is 0 Å². The summed E-state index contributed by atoms with van der Waals surface area (Å²) in [4.78, 5) is 14.8. The topological polar surface area (TPSA) is 64.2 Å². The molecule has 2 N–H and O–H groups in total. The number of carbonyl (C=O) groups is 1. The van der Waals surface area contributed by atoms with Crippen molar-refractivity contribution in [2.75, 3.05) is 13.1 Å². The lowest BCUT2D eigenvalue weighted by Crippen LogP contribution is -2.43. The van der Waals surface area contributed by atoms with Crippen LogP contribution in [0.5, 0.6) is 0 Å². The monoisotopic (exact) mass is 310 g/mol. The summed E-state index contributed by atoms with van der Waals surface area (Å²) in [6, 6.07) is 10.3. The van der Waals surface area contributed by atoms with Crippen molar-refractivity contribution in [2.45, 2.75) is 38.1 Å². The first-order valence-corrected chi connectivity index (χ1v) is 8.45. The van der Waals surface area contributed by atoms with Gasteiger partial charge in [0.15, 0.2) is 5.69 Å². The van der Waals surface area contributed by atoms with Crippen LogP contribution in [-0.2, 0) is 12.8 Å². The van der Waals surface area contributed by atoms with Crippen molar-refractivity contribution in [3.8, 4) is 5.69 Å². The van der Waals surface area contributed by atoms with Crippen molar-refractivity contribution in [2.24, 2.45) is 5.73 Å². The van der Waals surface area contributed by atoms with Crippen molar-refractivity contribution in [3.63, 3.8) is 0 Å². The second-order valence-electron chi connectivity index (χ2n) is 6.50. The van der Waals surface area contributed by atoms with Gasteiger partial charge in [-0.25, -0.2) is 4.68 Å². The van der Waals surface area contributed by atoms with E-state index in [1.54, 1.807) is 0 Å². The fourth-order valence-corrected chi connectivity index (χ4v) is 3.64. The van der Waals surface area contributed by atoms with Crippen LogP contribution in [0, 0.1) is 0 Å². The SMILES string of the molecule is NC1CCN(C(=O)c2nn(-c3ccccc3)c3c2CCC3)CC1. The van der Waals surface area contributed by atoms with Gasteiger partial charge in [-0.3, -0.25) is 4.79 Å². The minimum Gasteiger partial charge on any atom is -0.337 e. The van der Waals surface area contributed by atoms with E-state index in [1.807, 2.05) is 39.9 Å². The smallest absolute Gasteiger partial charge is 0.274 e. The molecule has 0 bridgehead atoms. The van der Waals surface area contributed by atoms with Crippen LogP contribution in [0.1, 0.15) is 41.0 Å². The van der Waals surface area contributed by atoms with Crippen LogP contribution in [0.3, 0.4) is 0 Å². The number of hydrogen-bond donors (Lipinski definition) is 1. The summed E-state index contributed by atoms with van der Waals surface area (Å²) in [5.41, 5.74) is 9.98. The van der Waals surface area contributed by atoms with Gasteiger partial charge in [0.05, 0.1) is 5.69 Å². The molecule has 0 atom stereocenters. The molecule has 5 heteroatoms. The van der Waals surface area contributed by atoms with E-state index in [4.69, 9.17) is 10.8 Å². The molecule has 1 fully saturated rings. The summed E-state index contributed by atoms with van der Waals surface area (Å²) in [6.07, 6.45) is 4.82. The van der Waals surface area contributed by atoms with Gasteiger partial charge >= 0.3 is 0 Å². The largest absolute Gasteiger partial charge is 0.337 e. The molecule has 2 heterocycles. The molecule has 5 nitrogen and oxygen atoms in total. The normalized spacial score (nSPS) is 18.2. The number of fused-ring (bicyclic) bond motifs is 1. The molecule has 23 heavy (non-hydrogen) atoms. The van der Waals surface area contributed by atoms with Crippen LogP contribution in [-0.4, -0.2) is 39.7 Å². The average molecular weight is 310 g/mol. The number of likely N-dealkylation sites (tertiary alicyclic amines) is 1. The lowest BCUT2D eigenvalue weighted by Gasteiger charge is -2.29. The first kappa shape index (κ1) is 14.5. The number of rotatable bonds is 2. The summed E-state index contributed by atoms with van der Waals surface area (Å²) in [7, 11) is 0. The Morgan fingerprint density at radius 2 is 1.87 bits per heavy atom. The van der Waals surface area contributed by atoms with Gasteiger partial charge < -0.3 is 10.6 Å². The van der Waals surface area contributed by atoms with Crippen LogP contribution in [0.25, 0.3) is 5.69 Å². The zero-order valence-corrected chi connectivity index (χ0v) is 13.2. The highest BCUT2D eigenvalue weighted by atomic mass is 16.2. The second kappa shape index (κ2) is 5.81. The maximum absolute atomic E-state index is 12.9. The van der Waals surface area contributed by atoms with Crippen LogP contribution in [0.15, 0.2) is 30.3 Å². The van der Waals surface area contributed by atoms with Crippen molar-refractivity contribution in [3.05, 3.63) is 47.3 Å². The molecule has 1 aromatic heterocycles. The summed E-state index contributed by atoms with van der Waals surface area (Å²) in [6.45, 7) is 1.49. The average Bonchev–Trinajstić information content (AvgIpc) is 3.18. The van der Waals surface area contributed by atoms with E-state index >= 15 is 0 Å². The van der Waals surface area contributed by atoms with E-state index in [1.165, 1.54) is 5.69 Å². The van der Waals surface area contributed by atoms with E-state index in [-0.39, 0.29) is 11.9 Å². The number of nitrogens with zero attached hydrogens (tertiary/aromatic N) is 3. The molecule has 1 amide bonds. The second-order valence-corrected chi connectivity index (χ2v) is 6.50. The molecule has 1 aliphatic heterocycles. The van der Waals surface area contributed by atoms with Crippen LogP contribution in [0.2, 0.25) is 0 Å². The minimum absolute atomic E-state index is 0.0738. The standard InChI is InChI=1S/C18H22N4O/c19-13-9-11-21(12-10-13)18(23)17-15-7-4-8-16(15)22(20-17)14-5-2-1-3-6-14/h1-3,5-6,13H,4,7-12,19H2. The molecule has 0 spiro atoms. The first-order valence-electron chi connectivity index (χ1n) is 8.45. The molecule has 2 aromatic rings. The molecule has 0 saturated carbocycles. The predicted molar refractivity (Wildman–Crippen MR) is 88.7 cm³/mol. The number of hydrogen-bond acceptors (Lipinski definition) is 3. The van der Waals surface area contributed by atoms with E-state index in [0.717, 1.165) is 56.4 Å². The fraction of sp³-hybridized carbons (Fsp3) is 0.444. The van der Waals surface area contributed by atoms with Gasteiger partial charge in [0.25, 0.3) is 5.91 Å². The third kappa shape index (κ3) is 2.55. The Balaban J connectivity index is 1.68. The number of piperidine rings is 1. The van der Waals surface area contributed by atoms with Crippen LogP contribution >= 0.6 is 0 Å². The quantitative estimate of drug-likeness (QED) is 0.922. The zero-order chi connectivity index (χ0) is 15.8. The molecular formula is C18H22N4O. The maximum atomic E-state index is 12.9. The van der Waals surface area contributed by atoms with Gasteiger partial charge in [-0.15, -0.1) is 0 Å². The Morgan fingerprint density at radius 3 is 2.61 bits per heavy atom. The van der Waals surface area contributed by atoms with Crippen molar-refractivity contribution in [1.82, 2.24) is 14.7 Å². The summed E-state index contributed by atoms with van der Waals surface area (Å²) >= 11 is 0. The molecule has 1 aliphatic carbocycles. The van der Waals surface area contributed by atoms with Gasteiger partial charge in [0.2, 0.25) is 0 Å². The molecule has 2 aliphatic rings. The number of carbonyl (C=O) groups excluding carboxylic acids is 1. The molecule has 4 rings (SSSR count). The number of para-hydroxylation sites is 1. The third-order valence-electron chi connectivity index (χ3n) is 4.96. The Bertz CT molecular complexity index is 714. The fourth-order valence-electron chi connectivity index (χ4n) is 3.64. The number of amides is 1. The van der Waals surface area contributed by atoms with Crippen molar-refractivity contribution < 1.29 is 4.79 Å². The molecular weight excluding hydrogens is 288 g/mol. The highest BCUT2D eigenvalue weighted by molar-refractivity contribution is 5.94. The Labute approximate surface area is 136 Å². The lowest BCUT2D eigenvalue weighted by molar-refractivity contribution is 0.0707. The lowest BCUT2D eigenvalue weighted by atomic mass is 10.1. The third-order valence-corrected chi connectivity index (χ3v) is 4.96. The minimum atomic E-state index is 0.0738. The summed E-state index contributed by atoms with van der Waals surface area (Å²) in [5.74, 6) is 0.0738. The van der Waals surface area contributed by atoms with Gasteiger partial charge in [0, 0.05) is 30.4 Å². The summed E-state index contributed by atoms with van der Waals surface area (Å²) < 4.78 is 1.96. The number of nitrogens with two attached hydrogens (primary N) is 1. The Hall–Kier alpha value is -2.14. The highest BCUT2D eigenvalue weighted by Gasteiger charge is 2.30. The van der Waals surface area contributed by atoms with Gasteiger partial charge in [-0.2, -0.15) is 5.10 Å². The van der Waals surface area contributed by atoms with E-state index < -0.39 is 0 Å². The zero-order valence-electron chi connectivity index (χ0n) is 13.2. The maximum Gasteiger partial charge on any atom is 0.274 e. The van der Waals surface area contributed by atoms with E-state index in [2.05, 4.69) is 0 Å². The number of benzene rings is 1.